The second kappa shape index (κ2) is 7.49. The summed E-state index contributed by atoms with van der Waals surface area (Å²) in [5.74, 6) is -0.541. The molecule has 0 bridgehead atoms. The Hall–Kier alpha value is -2.72. The van der Waals surface area contributed by atoms with Crippen molar-refractivity contribution in [1.29, 1.82) is 15.8 Å². The van der Waals surface area contributed by atoms with Crippen LogP contribution in [-0.2, 0) is 0 Å². The van der Waals surface area contributed by atoms with Crippen LogP contribution in [0, 0.1) is 45.3 Å². The Morgan fingerprint density at radius 1 is 1.22 bits per heavy atom. The molecule has 0 fully saturated rings. The Labute approximate surface area is 164 Å². The molecular weight excluding hydrogens is 354 g/mol. The zero-order chi connectivity index (χ0) is 19.6. The lowest BCUT2D eigenvalue weighted by molar-refractivity contribution is 0.214. The number of nitrogens with two attached hydrogens (primary N) is 1. The minimum absolute atomic E-state index is 0.0846. The molecule has 3 rings (SSSR count). The highest BCUT2D eigenvalue weighted by atomic mass is 32.2. The van der Waals surface area contributed by atoms with Crippen LogP contribution in [0.4, 0.5) is 0 Å². The highest BCUT2D eigenvalue weighted by Crippen LogP contribution is 2.54. The third-order valence-electron chi connectivity index (χ3n) is 5.66. The number of benzene rings is 1. The van der Waals surface area contributed by atoms with Gasteiger partial charge in [-0.1, -0.05) is 25.1 Å². The zero-order valence-corrected chi connectivity index (χ0v) is 16.3. The van der Waals surface area contributed by atoms with Crippen molar-refractivity contribution in [2.45, 2.75) is 17.7 Å². The second-order valence-electron chi connectivity index (χ2n) is 6.80. The fourth-order valence-corrected chi connectivity index (χ4v) is 4.59. The molecule has 1 heterocycles. The van der Waals surface area contributed by atoms with Crippen LogP contribution in [0.15, 0.2) is 52.1 Å². The summed E-state index contributed by atoms with van der Waals surface area (Å²) in [6.07, 6.45) is 4.04. The highest BCUT2D eigenvalue weighted by Gasteiger charge is 2.54. The van der Waals surface area contributed by atoms with Crippen LogP contribution in [0.5, 0.6) is 0 Å². The van der Waals surface area contributed by atoms with E-state index in [1.165, 1.54) is 0 Å². The summed E-state index contributed by atoms with van der Waals surface area (Å²) >= 11 is 1.64. The van der Waals surface area contributed by atoms with Crippen LogP contribution < -0.4 is 5.73 Å². The van der Waals surface area contributed by atoms with Crippen molar-refractivity contribution >= 4 is 11.8 Å². The van der Waals surface area contributed by atoms with E-state index in [4.69, 9.17) is 5.73 Å². The Morgan fingerprint density at radius 2 is 1.89 bits per heavy atom. The van der Waals surface area contributed by atoms with Gasteiger partial charge in [0.25, 0.3) is 0 Å². The van der Waals surface area contributed by atoms with Gasteiger partial charge in [-0.2, -0.15) is 15.8 Å². The summed E-state index contributed by atoms with van der Waals surface area (Å²) in [4.78, 5) is 3.37. The molecule has 0 saturated carbocycles. The molecule has 0 saturated heterocycles. The average Bonchev–Trinajstić information content (AvgIpc) is 2.73. The molecule has 5 nitrogen and oxygen atoms in total. The topological polar surface area (TPSA) is 101 Å². The maximum absolute atomic E-state index is 10.0. The van der Waals surface area contributed by atoms with E-state index in [1.54, 1.807) is 11.8 Å². The predicted octanol–water partition coefficient (Wildman–Crippen LogP) is 3.15. The van der Waals surface area contributed by atoms with Gasteiger partial charge >= 0.3 is 0 Å². The molecule has 1 aliphatic carbocycles. The normalized spacial score (nSPS) is 24.2. The smallest absolute Gasteiger partial charge is 0.191 e. The lowest BCUT2D eigenvalue weighted by Gasteiger charge is -2.45. The molecule has 136 valence electrons. The van der Waals surface area contributed by atoms with Crippen molar-refractivity contribution in [3.8, 4) is 18.2 Å². The predicted molar refractivity (Wildman–Crippen MR) is 105 cm³/mol. The number of nitrogens with zero attached hydrogens (tertiary/aromatic N) is 4. The first-order chi connectivity index (χ1) is 13.1. The quantitative estimate of drug-likeness (QED) is 0.815. The minimum Gasteiger partial charge on any atom is -0.399 e. The average molecular weight is 376 g/mol. The molecule has 1 aromatic carbocycles. The van der Waals surface area contributed by atoms with Crippen LogP contribution in [0.3, 0.4) is 0 Å². The first-order valence-corrected chi connectivity index (χ1v) is 10.1. The van der Waals surface area contributed by atoms with Crippen molar-refractivity contribution in [1.82, 2.24) is 4.90 Å². The van der Waals surface area contributed by atoms with E-state index in [0.717, 1.165) is 29.1 Å². The van der Waals surface area contributed by atoms with E-state index >= 15 is 0 Å². The molecule has 0 aromatic heterocycles. The van der Waals surface area contributed by atoms with Gasteiger partial charge in [-0.15, -0.1) is 11.8 Å². The summed E-state index contributed by atoms with van der Waals surface area (Å²) < 4.78 is 0. The van der Waals surface area contributed by atoms with E-state index in [9.17, 15) is 15.8 Å². The lowest BCUT2D eigenvalue weighted by Crippen LogP contribution is -2.48. The standard InChI is InChI=1S/C21H21N5S/c1-3-26-9-8-16-17(10-22)20(25)21(12-23,13-24)19(18(16)11-26)14-4-6-15(27-2)7-5-14/h4-8,18-19H,3,9,11,25H2,1-2H3/t18-,19+/m1/s1. The molecule has 0 radical (unpaired) electrons. The molecule has 1 aliphatic heterocycles. The molecule has 0 amide bonds. The number of nitriles is 3. The van der Waals surface area contributed by atoms with Gasteiger partial charge in [0.15, 0.2) is 5.41 Å². The van der Waals surface area contributed by atoms with Crippen molar-refractivity contribution in [3.05, 3.63) is 52.7 Å². The van der Waals surface area contributed by atoms with Gasteiger partial charge in [0.2, 0.25) is 0 Å². The first kappa shape index (κ1) is 19.1. The fraction of sp³-hybridized carbons (Fsp3) is 0.381. The van der Waals surface area contributed by atoms with Crippen LogP contribution in [-0.4, -0.2) is 30.8 Å². The number of thioether (sulfide) groups is 1. The lowest BCUT2D eigenvalue weighted by atomic mass is 9.58. The van der Waals surface area contributed by atoms with Gasteiger partial charge in [-0.05, 0) is 36.1 Å². The van der Waals surface area contributed by atoms with Crippen molar-refractivity contribution < 1.29 is 0 Å². The van der Waals surface area contributed by atoms with Crippen LogP contribution >= 0.6 is 11.8 Å². The third-order valence-corrected chi connectivity index (χ3v) is 6.41. The van der Waals surface area contributed by atoms with E-state index in [-0.39, 0.29) is 11.6 Å². The number of fused-ring (bicyclic) bond motifs is 1. The van der Waals surface area contributed by atoms with Crippen LogP contribution in [0.2, 0.25) is 0 Å². The number of likely N-dealkylation sites (N-methyl/N-ethyl adjacent to an activating group) is 1. The van der Waals surface area contributed by atoms with Crippen molar-refractivity contribution in [3.63, 3.8) is 0 Å². The number of hydrogen-bond acceptors (Lipinski definition) is 6. The van der Waals surface area contributed by atoms with Gasteiger partial charge in [0, 0.05) is 29.8 Å². The summed E-state index contributed by atoms with van der Waals surface area (Å²) in [7, 11) is 0. The van der Waals surface area contributed by atoms with Crippen LogP contribution in [0.1, 0.15) is 18.4 Å². The highest BCUT2D eigenvalue weighted by molar-refractivity contribution is 7.98. The van der Waals surface area contributed by atoms with Gasteiger partial charge in [0.05, 0.1) is 23.4 Å². The number of allylic oxidation sites excluding steroid dienone is 2. The maximum Gasteiger partial charge on any atom is 0.191 e. The molecule has 2 atom stereocenters. The summed E-state index contributed by atoms with van der Waals surface area (Å²) in [6.45, 7) is 4.39. The van der Waals surface area contributed by atoms with E-state index < -0.39 is 11.3 Å². The molecule has 0 spiro atoms. The molecule has 27 heavy (non-hydrogen) atoms. The van der Waals surface area contributed by atoms with Crippen molar-refractivity contribution in [2.75, 3.05) is 25.9 Å². The van der Waals surface area contributed by atoms with Gasteiger partial charge in [-0.3, -0.25) is 4.90 Å². The Bertz CT molecular complexity index is 909. The van der Waals surface area contributed by atoms with Gasteiger partial charge in [0.1, 0.15) is 6.07 Å². The second-order valence-corrected chi connectivity index (χ2v) is 7.68. The monoisotopic (exact) mass is 375 g/mol. The van der Waals surface area contributed by atoms with Gasteiger partial charge < -0.3 is 5.73 Å². The van der Waals surface area contributed by atoms with Crippen LogP contribution in [0.25, 0.3) is 0 Å². The molecule has 2 aliphatic rings. The van der Waals surface area contributed by atoms with Gasteiger partial charge in [-0.25, -0.2) is 0 Å². The molecular formula is C21H21N5S. The van der Waals surface area contributed by atoms with Crippen molar-refractivity contribution in [2.24, 2.45) is 17.1 Å². The Morgan fingerprint density at radius 3 is 2.41 bits per heavy atom. The SMILES string of the molecule is CCN1CC=C2C(C#N)=C(N)C(C#N)(C#N)[C@@H](c3ccc(SC)cc3)[C@@H]2C1. The summed E-state index contributed by atoms with van der Waals surface area (Å²) in [5, 5.41) is 29.8. The van der Waals surface area contributed by atoms with E-state index in [1.807, 2.05) is 36.6 Å². The minimum atomic E-state index is -1.55. The number of hydrogen-bond donors (Lipinski definition) is 1. The zero-order valence-electron chi connectivity index (χ0n) is 15.4. The van der Waals surface area contributed by atoms with E-state index in [0.29, 0.717) is 12.1 Å². The maximum atomic E-state index is 10.0. The largest absolute Gasteiger partial charge is 0.399 e. The Kier molecular flexibility index (Phi) is 5.29. The third kappa shape index (κ3) is 2.90. The fourth-order valence-electron chi connectivity index (χ4n) is 4.19. The number of rotatable bonds is 3. The molecule has 0 unspecified atom stereocenters. The summed E-state index contributed by atoms with van der Waals surface area (Å²) in [5.41, 5.74) is 6.92. The Balaban J connectivity index is 2.27. The first-order valence-electron chi connectivity index (χ1n) is 8.85. The molecule has 1 aromatic rings. The molecule has 6 heteroatoms. The molecule has 2 N–H and O–H groups in total. The summed E-state index contributed by atoms with van der Waals surface area (Å²) in [6, 6.07) is 14.5. The van der Waals surface area contributed by atoms with E-state index in [2.05, 4.69) is 30.0 Å².